The Morgan fingerprint density at radius 1 is 1.14 bits per heavy atom. The van der Waals surface area contributed by atoms with Crippen molar-refractivity contribution in [2.75, 3.05) is 0 Å². The summed E-state index contributed by atoms with van der Waals surface area (Å²) in [6, 6.07) is 12.1. The van der Waals surface area contributed by atoms with E-state index in [1.54, 1.807) is 0 Å². The molecule has 0 spiro atoms. The van der Waals surface area contributed by atoms with Gasteiger partial charge in [0.05, 0.1) is 0 Å². The zero-order valence-electron chi connectivity index (χ0n) is 11.7. The first kappa shape index (κ1) is 14.1. The molecule has 3 aromatic rings. The molecule has 0 atom stereocenters. The van der Waals surface area contributed by atoms with Crippen LogP contribution in [0.4, 0.5) is 0 Å². The number of hydrogen-bond donors (Lipinski definition) is 0. The van der Waals surface area contributed by atoms with Crippen LogP contribution in [0.25, 0.3) is 10.8 Å². The van der Waals surface area contributed by atoms with Crippen molar-refractivity contribution in [3.05, 3.63) is 52.6 Å². The van der Waals surface area contributed by atoms with Gasteiger partial charge in [-0.3, -0.25) is 0 Å². The van der Waals surface area contributed by atoms with Crippen molar-refractivity contribution >= 4 is 26.7 Å². The van der Waals surface area contributed by atoms with Crippen molar-refractivity contribution in [1.82, 2.24) is 10.1 Å². The van der Waals surface area contributed by atoms with E-state index >= 15 is 0 Å². The van der Waals surface area contributed by atoms with E-state index in [2.05, 4.69) is 45.1 Å². The molecule has 0 N–H and O–H groups in total. The Kier molecular flexibility index (Phi) is 4.20. The summed E-state index contributed by atoms with van der Waals surface area (Å²) >= 11 is 3.47. The van der Waals surface area contributed by atoms with Crippen molar-refractivity contribution in [2.45, 2.75) is 26.4 Å². The fraction of sp³-hybridized carbons (Fsp3) is 0.250. The minimum absolute atomic E-state index is 0.290. The van der Waals surface area contributed by atoms with E-state index in [-0.39, 0.29) is 0 Å². The number of ether oxygens (including phenoxy) is 1. The van der Waals surface area contributed by atoms with Gasteiger partial charge < -0.3 is 9.26 Å². The Morgan fingerprint density at radius 3 is 2.81 bits per heavy atom. The predicted molar refractivity (Wildman–Crippen MR) is 84.3 cm³/mol. The highest BCUT2D eigenvalue weighted by Gasteiger charge is 2.06. The molecule has 5 heteroatoms. The topological polar surface area (TPSA) is 48.2 Å². The van der Waals surface area contributed by atoms with Gasteiger partial charge in [-0.1, -0.05) is 40.1 Å². The van der Waals surface area contributed by atoms with Crippen LogP contribution in [0.3, 0.4) is 0 Å². The number of nitrogens with zero attached hydrogens (tertiary/aromatic N) is 2. The van der Waals surface area contributed by atoms with Crippen LogP contribution in [-0.4, -0.2) is 10.1 Å². The molecule has 1 heterocycles. The summed E-state index contributed by atoms with van der Waals surface area (Å²) in [5, 5.41) is 6.21. The third-order valence-electron chi connectivity index (χ3n) is 3.12. The van der Waals surface area contributed by atoms with Crippen LogP contribution >= 0.6 is 15.9 Å². The molecule has 3 rings (SSSR count). The molecule has 0 radical (unpaired) electrons. The van der Waals surface area contributed by atoms with E-state index in [0.29, 0.717) is 12.5 Å². The number of rotatable bonds is 5. The normalized spacial score (nSPS) is 11.0. The van der Waals surface area contributed by atoms with Gasteiger partial charge in [-0.15, -0.1) is 0 Å². The molecule has 1 aromatic heterocycles. The monoisotopic (exact) mass is 346 g/mol. The Bertz CT molecular complexity index is 755. The van der Waals surface area contributed by atoms with Crippen LogP contribution < -0.4 is 4.74 Å². The zero-order valence-corrected chi connectivity index (χ0v) is 13.3. The molecular weight excluding hydrogens is 332 g/mol. The molecule has 0 saturated carbocycles. The first-order valence-corrected chi connectivity index (χ1v) is 7.67. The summed E-state index contributed by atoms with van der Waals surface area (Å²) in [7, 11) is 0. The molecule has 0 aliphatic carbocycles. The molecule has 0 unspecified atom stereocenters. The summed E-state index contributed by atoms with van der Waals surface area (Å²) in [5.74, 6) is 2.04. The Hall–Kier alpha value is -1.88. The smallest absolute Gasteiger partial charge is 0.264 e. The van der Waals surface area contributed by atoms with Crippen LogP contribution in [0.15, 0.2) is 45.4 Å². The number of hydrogen-bond acceptors (Lipinski definition) is 4. The Labute approximate surface area is 131 Å². The van der Waals surface area contributed by atoms with Crippen LogP contribution in [0, 0.1) is 0 Å². The average Bonchev–Trinajstić information content (AvgIpc) is 2.93. The average molecular weight is 347 g/mol. The van der Waals surface area contributed by atoms with Crippen LogP contribution in [0.2, 0.25) is 0 Å². The SMILES string of the molecule is CCCc1noc(COc2ccc3cc(Br)ccc3c2)n1. The second-order valence-corrected chi connectivity index (χ2v) is 5.71. The number of aromatic nitrogens is 2. The summed E-state index contributed by atoms with van der Waals surface area (Å²) in [5.41, 5.74) is 0. The van der Waals surface area contributed by atoms with Gasteiger partial charge in [-0.05, 0) is 41.5 Å². The van der Waals surface area contributed by atoms with Crippen molar-refractivity contribution in [3.63, 3.8) is 0 Å². The lowest BCUT2D eigenvalue weighted by atomic mass is 10.1. The van der Waals surface area contributed by atoms with Crippen LogP contribution in [-0.2, 0) is 13.0 Å². The minimum Gasteiger partial charge on any atom is -0.484 e. The van der Waals surface area contributed by atoms with Crippen molar-refractivity contribution in [1.29, 1.82) is 0 Å². The van der Waals surface area contributed by atoms with Gasteiger partial charge >= 0.3 is 0 Å². The van der Waals surface area contributed by atoms with E-state index in [1.165, 1.54) is 5.39 Å². The quantitative estimate of drug-likeness (QED) is 0.681. The third kappa shape index (κ3) is 3.42. The van der Waals surface area contributed by atoms with E-state index in [0.717, 1.165) is 34.3 Å². The number of fused-ring (bicyclic) bond motifs is 1. The van der Waals surface area contributed by atoms with E-state index in [1.807, 2.05) is 24.3 Å². The van der Waals surface area contributed by atoms with Gasteiger partial charge in [0.2, 0.25) is 0 Å². The summed E-state index contributed by atoms with van der Waals surface area (Å²) < 4.78 is 11.9. The highest BCUT2D eigenvalue weighted by molar-refractivity contribution is 9.10. The highest BCUT2D eigenvalue weighted by Crippen LogP contribution is 2.24. The predicted octanol–water partition coefficient (Wildman–Crippen LogP) is 4.52. The number of benzene rings is 2. The van der Waals surface area contributed by atoms with Gasteiger partial charge in [0.1, 0.15) is 5.75 Å². The molecule has 0 aliphatic rings. The molecular formula is C16H15BrN2O2. The molecule has 2 aromatic carbocycles. The molecule has 0 fully saturated rings. The highest BCUT2D eigenvalue weighted by atomic mass is 79.9. The first-order chi connectivity index (χ1) is 10.2. The Balaban J connectivity index is 1.70. The lowest BCUT2D eigenvalue weighted by Crippen LogP contribution is -1.96. The fourth-order valence-electron chi connectivity index (χ4n) is 2.10. The second kappa shape index (κ2) is 6.26. The maximum atomic E-state index is 5.71. The van der Waals surface area contributed by atoms with Crippen LogP contribution in [0.5, 0.6) is 5.75 Å². The second-order valence-electron chi connectivity index (χ2n) is 4.80. The zero-order chi connectivity index (χ0) is 14.7. The third-order valence-corrected chi connectivity index (χ3v) is 3.61. The number of aryl methyl sites for hydroxylation is 1. The van der Waals surface area contributed by atoms with Gasteiger partial charge in [0, 0.05) is 10.9 Å². The van der Waals surface area contributed by atoms with E-state index < -0.39 is 0 Å². The molecule has 0 aliphatic heterocycles. The molecule has 0 amide bonds. The lowest BCUT2D eigenvalue weighted by Gasteiger charge is -2.05. The van der Waals surface area contributed by atoms with Crippen molar-refractivity contribution in [2.24, 2.45) is 0 Å². The molecule has 0 bridgehead atoms. The van der Waals surface area contributed by atoms with Gasteiger partial charge in [-0.2, -0.15) is 4.98 Å². The largest absolute Gasteiger partial charge is 0.484 e. The van der Waals surface area contributed by atoms with E-state index in [4.69, 9.17) is 9.26 Å². The van der Waals surface area contributed by atoms with Crippen molar-refractivity contribution < 1.29 is 9.26 Å². The molecule has 4 nitrogen and oxygen atoms in total. The lowest BCUT2D eigenvalue weighted by molar-refractivity contribution is 0.242. The van der Waals surface area contributed by atoms with Gasteiger partial charge in [0.25, 0.3) is 5.89 Å². The minimum atomic E-state index is 0.290. The summed E-state index contributed by atoms with van der Waals surface area (Å²) in [6.07, 6.45) is 1.83. The molecule has 0 saturated heterocycles. The number of halogens is 1. The van der Waals surface area contributed by atoms with Crippen LogP contribution in [0.1, 0.15) is 25.1 Å². The summed E-state index contributed by atoms with van der Waals surface area (Å²) in [6.45, 7) is 2.37. The molecule has 21 heavy (non-hydrogen) atoms. The molecule has 108 valence electrons. The maximum absolute atomic E-state index is 5.71. The maximum Gasteiger partial charge on any atom is 0.264 e. The standard InChI is InChI=1S/C16H15BrN2O2/c1-2-3-15-18-16(21-19-15)10-20-14-7-5-11-8-13(17)6-4-12(11)9-14/h4-9H,2-3,10H2,1H3. The first-order valence-electron chi connectivity index (χ1n) is 6.88. The van der Waals surface area contributed by atoms with E-state index in [9.17, 15) is 0 Å². The van der Waals surface area contributed by atoms with Crippen molar-refractivity contribution in [3.8, 4) is 5.75 Å². The summed E-state index contributed by atoms with van der Waals surface area (Å²) in [4.78, 5) is 4.28. The van der Waals surface area contributed by atoms with Gasteiger partial charge in [0.15, 0.2) is 12.4 Å². The Morgan fingerprint density at radius 2 is 1.95 bits per heavy atom. The fourth-order valence-corrected chi connectivity index (χ4v) is 2.48. The van der Waals surface area contributed by atoms with Gasteiger partial charge in [-0.25, -0.2) is 0 Å².